The number of carbonyl (C=O) groups excluding carboxylic acids is 1. The van der Waals surface area contributed by atoms with Crippen LogP contribution in [0.3, 0.4) is 0 Å². The number of alkyl halides is 6. The van der Waals surface area contributed by atoms with Crippen LogP contribution < -0.4 is 5.32 Å². The molecule has 2 aromatic rings. The van der Waals surface area contributed by atoms with E-state index in [9.17, 15) is 31.1 Å². The SMILES string of the molecule is O=C(Nc1cc(C(F)(F)F)cc(C(F)(F)F)c1)c1ccco1. The number of furan rings is 1. The Bertz CT molecular complexity index is 641. The van der Waals surface area contributed by atoms with Crippen LogP contribution >= 0.6 is 0 Å². The molecule has 0 fully saturated rings. The minimum absolute atomic E-state index is 0.0252. The van der Waals surface area contributed by atoms with Gasteiger partial charge in [-0.3, -0.25) is 4.79 Å². The third-order valence-electron chi connectivity index (χ3n) is 2.59. The molecule has 0 unspecified atom stereocenters. The second-order valence-electron chi connectivity index (χ2n) is 4.23. The average Bonchev–Trinajstić information content (AvgIpc) is 2.90. The maximum atomic E-state index is 12.6. The van der Waals surface area contributed by atoms with Crippen molar-refractivity contribution in [3.05, 3.63) is 53.5 Å². The Balaban J connectivity index is 2.40. The van der Waals surface area contributed by atoms with E-state index >= 15 is 0 Å². The quantitative estimate of drug-likeness (QED) is 0.823. The van der Waals surface area contributed by atoms with E-state index in [1.165, 1.54) is 12.1 Å². The third kappa shape index (κ3) is 3.60. The minimum atomic E-state index is -4.98. The molecule has 1 aromatic heterocycles. The van der Waals surface area contributed by atoms with Gasteiger partial charge in [0.1, 0.15) is 0 Å². The lowest BCUT2D eigenvalue weighted by molar-refractivity contribution is -0.143. The van der Waals surface area contributed by atoms with Gasteiger partial charge in [0.25, 0.3) is 5.91 Å². The number of hydrogen-bond donors (Lipinski definition) is 1. The zero-order valence-corrected chi connectivity index (χ0v) is 10.5. The molecule has 22 heavy (non-hydrogen) atoms. The lowest BCUT2D eigenvalue weighted by Gasteiger charge is -2.14. The molecule has 0 saturated carbocycles. The molecular formula is C13H7F6NO2. The molecule has 0 atom stereocenters. The van der Waals surface area contributed by atoms with Gasteiger partial charge in [-0.1, -0.05) is 0 Å². The topological polar surface area (TPSA) is 42.2 Å². The van der Waals surface area contributed by atoms with Crippen LogP contribution in [0.5, 0.6) is 0 Å². The first kappa shape index (κ1) is 15.9. The highest BCUT2D eigenvalue weighted by atomic mass is 19.4. The Labute approximate surface area is 119 Å². The first-order chi connectivity index (χ1) is 10.1. The molecule has 0 aliphatic heterocycles. The monoisotopic (exact) mass is 323 g/mol. The summed E-state index contributed by atoms with van der Waals surface area (Å²) in [5.41, 5.74) is -3.67. The van der Waals surface area contributed by atoms with Crippen molar-refractivity contribution in [2.24, 2.45) is 0 Å². The Morgan fingerprint density at radius 1 is 0.955 bits per heavy atom. The van der Waals surface area contributed by atoms with Crippen molar-refractivity contribution in [3.8, 4) is 0 Å². The molecule has 118 valence electrons. The molecule has 0 aliphatic carbocycles. The van der Waals surface area contributed by atoms with Crippen LogP contribution in [0.25, 0.3) is 0 Å². The van der Waals surface area contributed by atoms with Crippen LogP contribution in [-0.2, 0) is 12.4 Å². The number of nitrogens with one attached hydrogen (secondary N) is 1. The van der Waals surface area contributed by atoms with Gasteiger partial charge in [0, 0.05) is 5.69 Å². The Morgan fingerprint density at radius 3 is 1.91 bits per heavy atom. The normalized spacial score (nSPS) is 12.3. The number of anilines is 1. The fraction of sp³-hybridized carbons (Fsp3) is 0.154. The van der Waals surface area contributed by atoms with Crippen LogP contribution in [0.4, 0.5) is 32.0 Å². The Morgan fingerprint density at radius 2 is 1.50 bits per heavy atom. The number of hydrogen-bond acceptors (Lipinski definition) is 2. The summed E-state index contributed by atoms with van der Waals surface area (Å²) in [5.74, 6) is -1.21. The smallest absolute Gasteiger partial charge is 0.416 e. The predicted octanol–water partition coefficient (Wildman–Crippen LogP) is 4.57. The van der Waals surface area contributed by atoms with Crippen LogP contribution in [0.2, 0.25) is 0 Å². The van der Waals surface area contributed by atoms with Crippen molar-refractivity contribution in [2.45, 2.75) is 12.4 Å². The number of halogens is 6. The summed E-state index contributed by atoms with van der Waals surface area (Å²) in [7, 11) is 0. The predicted molar refractivity (Wildman–Crippen MR) is 63.1 cm³/mol. The van der Waals surface area contributed by atoms with E-state index in [0.717, 1.165) is 6.26 Å². The van der Waals surface area contributed by atoms with Crippen molar-refractivity contribution in [1.82, 2.24) is 0 Å². The zero-order valence-electron chi connectivity index (χ0n) is 10.5. The summed E-state index contributed by atoms with van der Waals surface area (Å²) in [4.78, 5) is 11.6. The highest BCUT2D eigenvalue weighted by Gasteiger charge is 2.37. The summed E-state index contributed by atoms with van der Waals surface area (Å²) in [6.45, 7) is 0. The fourth-order valence-corrected chi connectivity index (χ4v) is 1.63. The van der Waals surface area contributed by atoms with Gasteiger partial charge in [-0.2, -0.15) is 26.3 Å². The average molecular weight is 323 g/mol. The van der Waals surface area contributed by atoms with Gasteiger partial charge in [0.2, 0.25) is 0 Å². The molecule has 2 rings (SSSR count). The second kappa shape index (κ2) is 5.39. The molecule has 0 saturated heterocycles. The fourth-order valence-electron chi connectivity index (χ4n) is 1.63. The first-order valence-corrected chi connectivity index (χ1v) is 5.72. The van der Waals surface area contributed by atoms with Crippen molar-refractivity contribution >= 4 is 11.6 Å². The molecular weight excluding hydrogens is 316 g/mol. The highest BCUT2D eigenvalue weighted by Crippen LogP contribution is 2.37. The molecule has 1 heterocycles. The van der Waals surface area contributed by atoms with Gasteiger partial charge >= 0.3 is 12.4 Å². The molecule has 9 heteroatoms. The van der Waals surface area contributed by atoms with E-state index in [4.69, 9.17) is 4.42 Å². The van der Waals surface area contributed by atoms with Gasteiger partial charge < -0.3 is 9.73 Å². The first-order valence-electron chi connectivity index (χ1n) is 5.72. The highest BCUT2D eigenvalue weighted by molar-refractivity contribution is 6.02. The molecule has 0 aliphatic rings. The number of amides is 1. The van der Waals surface area contributed by atoms with E-state index in [2.05, 4.69) is 0 Å². The van der Waals surface area contributed by atoms with Gasteiger partial charge in [0.15, 0.2) is 5.76 Å². The molecule has 1 aromatic carbocycles. The Kier molecular flexibility index (Phi) is 3.90. The molecule has 0 spiro atoms. The molecule has 3 nitrogen and oxygen atoms in total. The van der Waals surface area contributed by atoms with Crippen LogP contribution in [-0.4, -0.2) is 5.91 Å². The maximum Gasteiger partial charge on any atom is 0.416 e. The van der Waals surface area contributed by atoms with Crippen molar-refractivity contribution in [2.75, 3.05) is 5.32 Å². The van der Waals surface area contributed by atoms with Gasteiger partial charge in [0.05, 0.1) is 17.4 Å². The third-order valence-corrected chi connectivity index (χ3v) is 2.59. The van der Waals surface area contributed by atoms with Gasteiger partial charge in [-0.05, 0) is 30.3 Å². The lowest BCUT2D eigenvalue weighted by Crippen LogP contribution is -2.15. The summed E-state index contributed by atoms with van der Waals surface area (Å²) in [5, 5.41) is 1.94. The summed E-state index contributed by atoms with van der Waals surface area (Å²) >= 11 is 0. The Hall–Kier alpha value is -2.45. The molecule has 1 N–H and O–H groups in total. The van der Waals surface area contributed by atoms with Crippen molar-refractivity contribution in [3.63, 3.8) is 0 Å². The maximum absolute atomic E-state index is 12.6. The molecule has 0 bridgehead atoms. The van der Waals surface area contributed by atoms with E-state index in [1.807, 2.05) is 5.32 Å². The summed E-state index contributed by atoms with van der Waals surface area (Å²) < 4.78 is 80.6. The van der Waals surface area contributed by atoms with E-state index in [-0.39, 0.29) is 11.8 Å². The number of carbonyl (C=O) groups is 1. The number of rotatable bonds is 2. The zero-order chi connectivity index (χ0) is 16.5. The largest absolute Gasteiger partial charge is 0.459 e. The summed E-state index contributed by atoms with van der Waals surface area (Å²) in [6, 6.07) is 3.37. The second-order valence-corrected chi connectivity index (χ2v) is 4.23. The van der Waals surface area contributed by atoms with Gasteiger partial charge in [-0.15, -0.1) is 0 Å². The molecule has 1 amide bonds. The van der Waals surface area contributed by atoms with Crippen molar-refractivity contribution < 1.29 is 35.6 Å². The van der Waals surface area contributed by atoms with Crippen molar-refractivity contribution in [1.29, 1.82) is 0 Å². The van der Waals surface area contributed by atoms with E-state index < -0.39 is 35.1 Å². The lowest BCUT2D eigenvalue weighted by atomic mass is 10.1. The van der Waals surface area contributed by atoms with E-state index in [0.29, 0.717) is 12.1 Å². The van der Waals surface area contributed by atoms with Crippen LogP contribution in [0.1, 0.15) is 21.7 Å². The summed E-state index contributed by atoms with van der Waals surface area (Å²) in [6.07, 6.45) is -8.82. The van der Waals surface area contributed by atoms with Crippen LogP contribution in [0.15, 0.2) is 41.0 Å². The van der Waals surface area contributed by atoms with Crippen LogP contribution in [0, 0.1) is 0 Å². The van der Waals surface area contributed by atoms with Gasteiger partial charge in [-0.25, -0.2) is 0 Å². The standard InChI is InChI=1S/C13H7F6NO2/c14-12(15,16)7-4-8(13(17,18)19)6-9(5-7)20-11(21)10-2-1-3-22-10/h1-6H,(H,20,21). The minimum Gasteiger partial charge on any atom is -0.459 e. The number of benzene rings is 1. The molecule has 0 radical (unpaired) electrons. The van der Waals surface area contributed by atoms with E-state index in [1.54, 1.807) is 0 Å².